The highest BCUT2D eigenvalue weighted by Gasteiger charge is 2.34. The maximum absolute atomic E-state index is 5.61. The number of guanidine groups is 1. The van der Waals surface area contributed by atoms with Gasteiger partial charge in [0, 0.05) is 43.5 Å². The third-order valence-corrected chi connectivity index (χ3v) is 6.14. The molecule has 1 aromatic carbocycles. The molecule has 0 atom stereocenters. The van der Waals surface area contributed by atoms with Gasteiger partial charge in [-0.25, -0.2) is 0 Å². The van der Waals surface area contributed by atoms with E-state index in [1.165, 1.54) is 5.56 Å². The Bertz CT molecular complexity index is 525. The van der Waals surface area contributed by atoms with E-state index < -0.39 is 0 Å². The van der Waals surface area contributed by atoms with Crippen molar-refractivity contribution in [3.8, 4) is 0 Å². The van der Waals surface area contributed by atoms with Gasteiger partial charge in [0.05, 0.1) is 0 Å². The fourth-order valence-corrected chi connectivity index (χ4v) is 3.18. The first kappa shape index (κ1) is 19.1. The largest absolute Gasteiger partial charge is 0.381 e. The van der Waals surface area contributed by atoms with Gasteiger partial charge >= 0.3 is 0 Å². The van der Waals surface area contributed by atoms with Crippen LogP contribution in [0.15, 0.2) is 35.3 Å². The molecule has 2 rings (SSSR count). The van der Waals surface area contributed by atoms with Crippen molar-refractivity contribution in [2.45, 2.75) is 36.9 Å². The Balaban J connectivity index is 2.02. The Hall–Kier alpha value is -1.20. The van der Waals surface area contributed by atoms with Crippen molar-refractivity contribution in [1.29, 1.82) is 0 Å². The first-order valence-electron chi connectivity index (χ1n) is 8.64. The lowest BCUT2D eigenvalue weighted by molar-refractivity contribution is 0.0514. The van der Waals surface area contributed by atoms with E-state index in [0.717, 1.165) is 45.1 Å². The summed E-state index contributed by atoms with van der Waals surface area (Å²) >= 11 is 1.86. The summed E-state index contributed by atoms with van der Waals surface area (Å²) in [7, 11) is 1.83. The van der Waals surface area contributed by atoms with Gasteiger partial charge in [0.15, 0.2) is 5.96 Å². The molecule has 1 fully saturated rings. The first-order chi connectivity index (χ1) is 11.5. The first-order valence-corrected chi connectivity index (χ1v) is 9.87. The van der Waals surface area contributed by atoms with Gasteiger partial charge in [-0.05, 0) is 38.5 Å². The summed E-state index contributed by atoms with van der Waals surface area (Å²) in [4.78, 5) is 4.39. The van der Waals surface area contributed by atoms with E-state index >= 15 is 0 Å². The molecule has 1 aliphatic rings. The summed E-state index contributed by atoms with van der Waals surface area (Å²) in [6.07, 6.45) is 4.22. The van der Waals surface area contributed by atoms with E-state index in [-0.39, 0.29) is 10.2 Å². The molecule has 24 heavy (non-hydrogen) atoms. The number of thioether (sulfide) groups is 1. The number of hydrogen-bond acceptors (Lipinski definition) is 3. The zero-order valence-electron chi connectivity index (χ0n) is 15.4. The lowest BCUT2D eigenvalue weighted by Crippen LogP contribution is -2.49. The molecule has 0 radical (unpaired) electrons. The van der Waals surface area contributed by atoms with E-state index in [4.69, 9.17) is 4.74 Å². The number of aliphatic imine (C=N–C) groups is 1. The highest BCUT2D eigenvalue weighted by molar-refractivity contribution is 7.99. The van der Waals surface area contributed by atoms with Crippen molar-refractivity contribution < 1.29 is 4.74 Å². The van der Waals surface area contributed by atoms with Crippen molar-refractivity contribution in [2.75, 3.05) is 39.6 Å². The summed E-state index contributed by atoms with van der Waals surface area (Å²) in [5.41, 5.74) is 1.51. The van der Waals surface area contributed by atoms with Crippen LogP contribution in [0.5, 0.6) is 0 Å². The van der Waals surface area contributed by atoms with E-state index in [1.807, 2.05) is 18.8 Å². The molecule has 1 saturated heterocycles. The van der Waals surface area contributed by atoms with E-state index in [0.29, 0.717) is 0 Å². The molecule has 2 N–H and O–H groups in total. The van der Waals surface area contributed by atoms with Gasteiger partial charge in [0.1, 0.15) is 0 Å². The van der Waals surface area contributed by atoms with E-state index in [1.54, 1.807) is 0 Å². The van der Waals surface area contributed by atoms with Crippen molar-refractivity contribution in [1.82, 2.24) is 10.6 Å². The molecule has 1 heterocycles. The average Bonchev–Trinajstić information content (AvgIpc) is 2.63. The van der Waals surface area contributed by atoms with Crippen molar-refractivity contribution in [3.05, 3.63) is 35.9 Å². The number of benzene rings is 1. The summed E-state index contributed by atoms with van der Waals surface area (Å²) in [6, 6.07) is 10.8. The molecular formula is C19H31N3OS. The minimum Gasteiger partial charge on any atom is -0.381 e. The topological polar surface area (TPSA) is 45.7 Å². The van der Waals surface area contributed by atoms with Crippen LogP contribution in [0.2, 0.25) is 0 Å². The molecule has 0 bridgehead atoms. The summed E-state index contributed by atoms with van der Waals surface area (Å²) in [5.74, 6) is 0.874. The van der Waals surface area contributed by atoms with Crippen LogP contribution in [0.25, 0.3) is 0 Å². The number of hydrogen-bond donors (Lipinski definition) is 2. The fourth-order valence-electron chi connectivity index (χ4n) is 2.96. The maximum Gasteiger partial charge on any atom is 0.191 e. The zero-order chi connectivity index (χ0) is 17.5. The van der Waals surface area contributed by atoms with Crippen LogP contribution in [0, 0.1) is 0 Å². The number of ether oxygens (including phenoxy) is 1. The van der Waals surface area contributed by atoms with Gasteiger partial charge in [-0.3, -0.25) is 4.99 Å². The lowest BCUT2D eigenvalue weighted by atomic mass is 9.74. The van der Waals surface area contributed by atoms with Gasteiger partial charge in [-0.1, -0.05) is 30.3 Å². The van der Waals surface area contributed by atoms with Crippen molar-refractivity contribution in [3.63, 3.8) is 0 Å². The second-order valence-corrected chi connectivity index (χ2v) is 8.52. The molecule has 4 nitrogen and oxygen atoms in total. The summed E-state index contributed by atoms with van der Waals surface area (Å²) in [5, 5.41) is 7.00. The monoisotopic (exact) mass is 349 g/mol. The molecule has 1 aromatic rings. The predicted octanol–water partition coefficient (Wildman–Crippen LogP) is 3.04. The Labute approximate surface area is 150 Å². The van der Waals surface area contributed by atoms with Crippen LogP contribution in [0.1, 0.15) is 32.3 Å². The summed E-state index contributed by atoms with van der Waals surface area (Å²) < 4.78 is 5.80. The van der Waals surface area contributed by atoms with Gasteiger partial charge < -0.3 is 15.4 Å². The SMILES string of the molecule is CN=C(NCC(C)(C)SC)NCC1(c2ccccc2)CCOCC1. The summed E-state index contributed by atoms with van der Waals surface area (Å²) in [6.45, 7) is 7.88. The molecular weight excluding hydrogens is 318 g/mol. The maximum atomic E-state index is 5.61. The van der Waals surface area contributed by atoms with Gasteiger partial charge in [-0.15, -0.1) is 0 Å². The van der Waals surface area contributed by atoms with Crippen molar-refractivity contribution in [2.24, 2.45) is 4.99 Å². The van der Waals surface area contributed by atoms with Crippen LogP contribution >= 0.6 is 11.8 Å². The van der Waals surface area contributed by atoms with Gasteiger partial charge in [-0.2, -0.15) is 11.8 Å². The van der Waals surface area contributed by atoms with Gasteiger partial charge in [0.2, 0.25) is 0 Å². The average molecular weight is 350 g/mol. The van der Waals surface area contributed by atoms with Crippen LogP contribution in [0.4, 0.5) is 0 Å². The van der Waals surface area contributed by atoms with E-state index in [2.05, 4.69) is 66.1 Å². The molecule has 134 valence electrons. The van der Waals surface area contributed by atoms with Crippen LogP contribution in [0.3, 0.4) is 0 Å². The third-order valence-electron chi connectivity index (χ3n) is 4.89. The second kappa shape index (κ2) is 8.77. The Morgan fingerprint density at radius 1 is 1.21 bits per heavy atom. The highest BCUT2D eigenvalue weighted by Crippen LogP contribution is 2.34. The molecule has 0 saturated carbocycles. The van der Waals surface area contributed by atoms with Gasteiger partial charge in [0.25, 0.3) is 0 Å². The molecule has 0 aliphatic carbocycles. The van der Waals surface area contributed by atoms with Crippen LogP contribution < -0.4 is 10.6 Å². The molecule has 1 aliphatic heterocycles. The van der Waals surface area contributed by atoms with Crippen molar-refractivity contribution >= 4 is 17.7 Å². The Kier molecular flexibility index (Phi) is 6.99. The van der Waals surface area contributed by atoms with E-state index in [9.17, 15) is 0 Å². The molecule has 0 aromatic heterocycles. The van der Waals surface area contributed by atoms with Crippen LogP contribution in [-0.2, 0) is 10.2 Å². The standard InChI is InChI=1S/C19H31N3OS/c1-18(2,24-4)14-21-17(20-3)22-15-19(10-12-23-13-11-19)16-8-6-5-7-9-16/h5-9H,10-15H2,1-4H3,(H2,20,21,22). The number of nitrogens with one attached hydrogen (secondary N) is 2. The molecule has 0 unspecified atom stereocenters. The third kappa shape index (κ3) is 5.15. The minimum atomic E-state index is 0.117. The quantitative estimate of drug-likeness (QED) is 0.612. The molecule has 5 heteroatoms. The normalized spacial score (nSPS) is 18.2. The molecule has 0 amide bonds. The Morgan fingerprint density at radius 3 is 2.46 bits per heavy atom. The number of rotatable bonds is 6. The minimum absolute atomic E-state index is 0.117. The Morgan fingerprint density at radius 2 is 1.88 bits per heavy atom. The zero-order valence-corrected chi connectivity index (χ0v) is 16.2. The smallest absolute Gasteiger partial charge is 0.191 e. The fraction of sp³-hybridized carbons (Fsp3) is 0.632. The number of nitrogens with zero attached hydrogens (tertiary/aromatic N) is 1. The predicted molar refractivity (Wildman–Crippen MR) is 105 cm³/mol. The molecule has 0 spiro atoms. The second-order valence-electron chi connectivity index (χ2n) is 7.00. The highest BCUT2D eigenvalue weighted by atomic mass is 32.2. The van der Waals surface area contributed by atoms with Crippen LogP contribution in [-0.4, -0.2) is 50.3 Å². The lowest BCUT2D eigenvalue weighted by Gasteiger charge is -2.38.